The molecule has 0 radical (unpaired) electrons. The number of halogens is 4. The number of fused-ring (bicyclic) bond motifs is 1. The Morgan fingerprint density at radius 3 is 2.37 bits per heavy atom. The second-order valence-electron chi connectivity index (χ2n) is 9.59. The molecule has 0 fully saturated rings. The number of rotatable bonds is 6. The van der Waals surface area contributed by atoms with E-state index in [4.69, 9.17) is 27.6 Å². The van der Waals surface area contributed by atoms with E-state index in [1.807, 2.05) is 12.1 Å². The third-order valence-corrected chi connectivity index (χ3v) is 7.42. The summed E-state index contributed by atoms with van der Waals surface area (Å²) >= 11 is 12.2. The molecule has 5 aromatic rings. The zero-order valence-electron chi connectivity index (χ0n) is 21.2. The molecule has 1 N–H and O–H groups in total. The molecule has 0 aliphatic carbocycles. The van der Waals surface area contributed by atoms with Gasteiger partial charge in [-0.1, -0.05) is 65.7 Å². The Bertz CT molecular complexity index is 1840. The van der Waals surface area contributed by atoms with Gasteiger partial charge in [-0.05, 0) is 41.5 Å². The van der Waals surface area contributed by atoms with Crippen LogP contribution in [0.5, 0.6) is 0 Å². The number of carbonyl (C=O) groups excluding carboxylic acids is 1. The molecular weight excluding hydrogens is 573 g/mol. The van der Waals surface area contributed by atoms with Gasteiger partial charge in [0.2, 0.25) is 0 Å². The van der Waals surface area contributed by atoms with Crippen LogP contribution in [0.25, 0.3) is 22.0 Å². The van der Waals surface area contributed by atoms with Crippen LogP contribution in [0.4, 0.5) is 8.78 Å². The molecule has 1 amide bonds. The second kappa shape index (κ2) is 10.6. The van der Waals surface area contributed by atoms with Crippen molar-refractivity contribution < 1.29 is 18.0 Å². The largest absolute Gasteiger partial charge is 0.451 e. The smallest absolute Gasteiger partial charge is 0.332 e. The number of oxazole rings is 1. The normalized spacial score (nSPS) is 15.4. The summed E-state index contributed by atoms with van der Waals surface area (Å²) in [6.07, 6.45) is 1.12. The van der Waals surface area contributed by atoms with Gasteiger partial charge in [0.25, 0.3) is 5.56 Å². The minimum Gasteiger partial charge on any atom is -0.451 e. The van der Waals surface area contributed by atoms with Gasteiger partial charge >= 0.3 is 11.8 Å². The summed E-state index contributed by atoms with van der Waals surface area (Å²) in [5.41, 5.74) is 2.18. The van der Waals surface area contributed by atoms with Crippen LogP contribution in [-0.4, -0.2) is 32.5 Å². The summed E-state index contributed by atoms with van der Waals surface area (Å²) in [5, 5.41) is 6.84. The SMILES string of the molecule is O=C(N1N=C(c2c(-c3ccc(Cl)cc3)c3ccccc3[nH]c2=O)C[C@H]1c1ccc(Cl)cc1)C(F)(F)Cc1cocn1. The summed E-state index contributed by atoms with van der Waals surface area (Å²) in [4.78, 5) is 33.6. The molecule has 7 nitrogen and oxygen atoms in total. The first kappa shape index (κ1) is 26.9. The zero-order chi connectivity index (χ0) is 28.7. The van der Waals surface area contributed by atoms with E-state index in [9.17, 15) is 9.59 Å². The lowest BCUT2D eigenvalue weighted by Crippen LogP contribution is -2.42. The van der Waals surface area contributed by atoms with Crippen LogP contribution in [0.1, 0.15) is 29.3 Å². The van der Waals surface area contributed by atoms with E-state index in [0.717, 1.165) is 23.1 Å². The fourth-order valence-electron chi connectivity index (χ4n) is 5.02. The molecule has 41 heavy (non-hydrogen) atoms. The molecule has 0 saturated heterocycles. The summed E-state index contributed by atoms with van der Waals surface area (Å²) in [6.45, 7) is 0. The number of H-pyrrole nitrogens is 1. The molecular formula is C30H20Cl2F2N4O3. The van der Waals surface area contributed by atoms with Crippen LogP contribution in [0.2, 0.25) is 10.0 Å². The topological polar surface area (TPSA) is 91.6 Å². The summed E-state index contributed by atoms with van der Waals surface area (Å²) in [7, 11) is 0. The van der Waals surface area contributed by atoms with E-state index in [1.165, 1.54) is 0 Å². The maximum absolute atomic E-state index is 15.3. The Kier molecular flexibility index (Phi) is 6.93. The number of aromatic amines is 1. The molecule has 1 aliphatic rings. The third kappa shape index (κ3) is 5.14. The van der Waals surface area contributed by atoms with Gasteiger partial charge in [0.05, 0.1) is 29.4 Å². The first-order chi connectivity index (χ1) is 19.7. The highest BCUT2D eigenvalue weighted by atomic mass is 35.5. The van der Waals surface area contributed by atoms with Crippen molar-refractivity contribution in [1.29, 1.82) is 0 Å². The number of hydrazone groups is 1. The van der Waals surface area contributed by atoms with Gasteiger partial charge in [-0.25, -0.2) is 9.99 Å². The second-order valence-corrected chi connectivity index (χ2v) is 10.5. The van der Waals surface area contributed by atoms with E-state index in [1.54, 1.807) is 60.7 Å². The lowest BCUT2D eigenvalue weighted by atomic mass is 9.91. The molecule has 0 bridgehead atoms. The minimum atomic E-state index is -3.85. The van der Waals surface area contributed by atoms with Gasteiger partial charge in [0.1, 0.15) is 6.26 Å². The van der Waals surface area contributed by atoms with Gasteiger partial charge in [-0.3, -0.25) is 9.59 Å². The maximum Gasteiger partial charge on any atom is 0.332 e. The molecule has 2 aromatic heterocycles. The van der Waals surface area contributed by atoms with Crippen LogP contribution in [0.15, 0.2) is 99.8 Å². The highest BCUT2D eigenvalue weighted by Gasteiger charge is 2.48. The standard InChI is InChI=1S/C30H20Cl2F2N4O3/c31-19-9-5-17(6-10-19)25-13-24(37-38(25)29(40)30(33,34)14-21-15-41-16-35-21)27-26(18-7-11-20(32)12-8-18)22-3-1-2-4-23(22)36-28(27)39/h1-12,15-16,25H,13-14H2,(H,36,39)/t25-/m0/s1. The Morgan fingerprint density at radius 1 is 1.00 bits per heavy atom. The number of nitrogens with one attached hydrogen (secondary N) is 1. The lowest BCUT2D eigenvalue weighted by molar-refractivity contribution is -0.159. The fourth-order valence-corrected chi connectivity index (χ4v) is 5.28. The van der Waals surface area contributed by atoms with Crippen molar-refractivity contribution in [1.82, 2.24) is 15.0 Å². The van der Waals surface area contributed by atoms with E-state index in [-0.39, 0.29) is 23.4 Å². The monoisotopic (exact) mass is 592 g/mol. The van der Waals surface area contributed by atoms with Crippen LogP contribution in [-0.2, 0) is 11.2 Å². The van der Waals surface area contributed by atoms with Gasteiger partial charge < -0.3 is 9.40 Å². The molecule has 1 atom stereocenters. The number of aromatic nitrogens is 2. The molecule has 0 saturated carbocycles. The van der Waals surface area contributed by atoms with E-state index in [2.05, 4.69) is 15.1 Å². The molecule has 11 heteroatoms. The number of hydrogen-bond donors (Lipinski definition) is 1. The van der Waals surface area contributed by atoms with Crippen LogP contribution < -0.4 is 5.56 Å². The highest BCUT2D eigenvalue weighted by molar-refractivity contribution is 6.31. The van der Waals surface area contributed by atoms with Crippen molar-refractivity contribution in [3.8, 4) is 11.1 Å². The fraction of sp³-hybridized carbons (Fsp3) is 0.133. The summed E-state index contributed by atoms with van der Waals surface area (Å²) in [5.74, 6) is -5.38. The zero-order valence-corrected chi connectivity index (χ0v) is 22.7. The predicted molar refractivity (Wildman–Crippen MR) is 152 cm³/mol. The van der Waals surface area contributed by atoms with Crippen LogP contribution in [0, 0.1) is 0 Å². The molecule has 6 rings (SSSR count). The average molecular weight is 593 g/mol. The van der Waals surface area contributed by atoms with Crippen molar-refractivity contribution in [2.24, 2.45) is 5.10 Å². The van der Waals surface area contributed by atoms with Crippen molar-refractivity contribution >= 4 is 45.7 Å². The van der Waals surface area contributed by atoms with E-state index >= 15 is 8.78 Å². The Balaban J connectivity index is 1.52. The third-order valence-electron chi connectivity index (χ3n) is 6.92. The van der Waals surface area contributed by atoms with Crippen LogP contribution >= 0.6 is 23.2 Å². The van der Waals surface area contributed by atoms with Gasteiger partial charge in [0, 0.05) is 32.9 Å². The predicted octanol–water partition coefficient (Wildman–Crippen LogP) is 7.05. The number of para-hydroxylation sites is 1. The number of pyridine rings is 1. The van der Waals surface area contributed by atoms with Gasteiger partial charge in [-0.2, -0.15) is 13.9 Å². The van der Waals surface area contributed by atoms with E-state index in [0.29, 0.717) is 32.3 Å². The molecule has 3 aromatic carbocycles. The molecule has 3 heterocycles. The Hall–Kier alpha value is -4.34. The number of benzene rings is 3. The maximum atomic E-state index is 15.3. The van der Waals surface area contributed by atoms with Crippen molar-refractivity contribution in [2.75, 3.05) is 0 Å². The van der Waals surface area contributed by atoms with Crippen molar-refractivity contribution in [3.05, 3.63) is 123 Å². The highest BCUT2D eigenvalue weighted by Crippen LogP contribution is 2.39. The number of carbonyl (C=O) groups is 1. The first-order valence-corrected chi connectivity index (χ1v) is 13.3. The Labute approximate surface area is 242 Å². The van der Waals surface area contributed by atoms with E-state index < -0.39 is 29.9 Å². The molecule has 1 aliphatic heterocycles. The minimum absolute atomic E-state index is 0.00935. The van der Waals surface area contributed by atoms with Crippen molar-refractivity contribution in [2.45, 2.75) is 24.8 Å². The number of hydrogen-bond acceptors (Lipinski definition) is 5. The molecule has 206 valence electrons. The number of alkyl halides is 2. The average Bonchev–Trinajstić information content (AvgIpc) is 3.63. The molecule has 0 unspecified atom stereocenters. The first-order valence-electron chi connectivity index (χ1n) is 12.5. The lowest BCUT2D eigenvalue weighted by Gasteiger charge is -2.25. The van der Waals surface area contributed by atoms with Gasteiger partial charge in [-0.15, -0.1) is 0 Å². The number of nitrogens with zero attached hydrogens (tertiary/aromatic N) is 3. The Morgan fingerprint density at radius 2 is 1.68 bits per heavy atom. The van der Waals surface area contributed by atoms with Gasteiger partial charge in [0.15, 0.2) is 6.39 Å². The summed E-state index contributed by atoms with van der Waals surface area (Å²) in [6, 6.07) is 19.8. The van der Waals surface area contributed by atoms with Crippen molar-refractivity contribution in [3.63, 3.8) is 0 Å². The number of amides is 1. The summed E-state index contributed by atoms with van der Waals surface area (Å²) < 4.78 is 35.5. The van der Waals surface area contributed by atoms with Crippen LogP contribution in [0.3, 0.4) is 0 Å². The quantitative estimate of drug-likeness (QED) is 0.229. The molecule has 0 spiro atoms.